The molecule has 1 N–H and O–H groups in total. The van der Waals surface area contributed by atoms with Crippen LogP contribution in [0.5, 0.6) is 11.5 Å². The molecule has 4 rings (SSSR count). The maximum Gasteiger partial charge on any atom is 0.338 e. The number of fused-ring (bicyclic) bond motifs is 1. The Balaban J connectivity index is 1.93. The third-order valence-corrected chi connectivity index (χ3v) is 6.44. The zero-order valence-electron chi connectivity index (χ0n) is 18.2. The lowest BCUT2D eigenvalue weighted by Crippen LogP contribution is -2.39. The van der Waals surface area contributed by atoms with E-state index in [0.29, 0.717) is 42.5 Å². The van der Waals surface area contributed by atoms with Crippen molar-refractivity contribution >= 4 is 35.0 Å². The van der Waals surface area contributed by atoms with Crippen LogP contribution in [0.15, 0.2) is 63.5 Å². The summed E-state index contributed by atoms with van der Waals surface area (Å²) in [6.07, 6.45) is 1.67. The molecule has 1 aromatic heterocycles. The van der Waals surface area contributed by atoms with Crippen molar-refractivity contribution in [1.82, 2.24) is 4.57 Å². The number of carbonyl (C=O) groups is 1. The van der Waals surface area contributed by atoms with Crippen molar-refractivity contribution in [2.45, 2.75) is 19.9 Å². The fourth-order valence-corrected chi connectivity index (χ4v) is 4.87. The first-order valence-electron chi connectivity index (χ1n) is 10.2. The first-order valence-corrected chi connectivity index (χ1v) is 11.4. The Labute approximate surface area is 198 Å². The van der Waals surface area contributed by atoms with Crippen LogP contribution in [0.4, 0.5) is 0 Å². The Morgan fingerprint density at radius 2 is 2.00 bits per heavy atom. The second kappa shape index (κ2) is 9.25. The van der Waals surface area contributed by atoms with Gasteiger partial charge in [0.15, 0.2) is 16.3 Å². The highest BCUT2D eigenvalue weighted by Gasteiger charge is 2.33. The van der Waals surface area contributed by atoms with Crippen LogP contribution in [0.3, 0.4) is 0 Å². The number of hydrogen-bond donors (Lipinski definition) is 1. The maximum atomic E-state index is 13.5. The normalized spacial score (nSPS) is 15.8. The number of aromatic hydroxyl groups is 1. The number of esters is 1. The molecule has 2 heterocycles. The predicted molar refractivity (Wildman–Crippen MR) is 127 cm³/mol. The van der Waals surface area contributed by atoms with Crippen LogP contribution < -0.4 is 19.6 Å². The van der Waals surface area contributed by atoms with Crippen molar-refractivity contribution in [2.75, 3.05) is 13.7 Å². The molecule has 1 atom stereocenters. The molecule has 3 aromatic rings. The van der Waals surface area contributed by atoms with Crippen LogP contribution in [0, 0.1) is 0 Å². The number of methoxy groups -OCH3 is 1. The van der Waals surface area contributed by atoms with Gasteiger partial charge in [-0.3, -0.25) is 9.36 Å². The number of phenolic OH excluding ortho intramolecular Hbond substituents is 1. The number of aromatic nitrogens is 1. The van der Waals surface area contributed by atoms with E-state index in [-0.39, 0.29) is 17.9 Å². The molecular formula is C24H21ClN2O5S. The Bertz CT molecular complexity index is 1440. The SMILES string of the molecule is CCOC(=O)C1=C(C)N=c2s/c(=C\c3ccc(OC)c(O)c3)c(=O)n2C1c1ccc(Cl)cc1. The lowest BCUT2D eigenvalue weighted by Gasteiger charge is -2.24. The first kappa shape index (κ1) is 22.8. The standard InChI is InChI=1S/C24H21ClN2O5S/c1-4-32-23(30)20-13(2)26-24-27(21(20)15-6-8-16(25)9-7-15)22(29)19(33-24)12-14-5-10-18(31-3)17(28)11-14/h5-12,21,28H,4H2,1-3H3/b19-12-. The second-order valence-electron chi connectivity index (χ2n) is 7.29. The summed E-state index contributed by atoms with van der Waals surface area (Å²) in [6.45, 7) is 3.66. The van der Waals surface area contributed by atoms with Crippen LogP contribution in [0.1, 0.15) is 31.0 Å². The van der Waals surface area contributed by atoms with E-state index in [4.69, 9.17) is 21.1 Å². The van der Waals surface area contributed by atoms with Gasteiger partial charge in [0.05, 0.1) is 35.6 Å². The summed E-state index contributed by atoms with van der Waals surface area (Å²) in [5.74, 6) is -0.211. The van der Waals surface area contributed by atoms with Crippen molar-refractivity contribution in [3.8, 4) is 11.5 Å². The Kier molecular flexibility index (Phi) is 6.40. The van der Waals surface area contributed by atoms with Crippen LogP contribution in [0.25, 0.3) is 6.08 Å². The van der Waals surface area contributed by atoms with Gasteiger partial charge in [0.25, 0.3) is 5.56 Å². The van der Waals surface area contributed by atoms with E-state index >= 15 is 0 Å². The molecule has 0 aliphatic carbocycles. The average molecular weight is 485 g/mol. The quantitative estimate of drug-likeness (QED) is 0.562. The van der Waals surface area contributed by atoms with E-state index < -0.39 is 12.0 Å². The molecule has 170 valence electrons. The lowest BCUT2D eigenvalue weighted by atomic mass is 9.96. The molecule has 33 heavy (non-hydrogen) atoms. The van der Waals surface area contributed by atoms with Crippen molar-refractivity contribution in [3.63, 3.8) is 0 Å². The molecule has 1 unspecified atom stereocenters. The molecule has 0 amide bonds. The zero-order chi connectivity index (χ0) is 23.7. The molecule has 0 radical (unpaired) electrons. The van der Waals surface area contributed by atoms with Gasteiger partial charge in [-0.25, -0.2) is 9.79 Å². The van der Waals surface area contributed by atoms with Crippen LogP contribution in [-0.2, 0) is 9.53 Å². The third-order valence-electron chi connectivity index (χ3n) is 5.20. The summed E-state index contributed by atoms with van der Waals surface area (Å²) >= 11 is 7.27. The van der Waals surface area contributed by atoms with E-state index in [1.54, 1.807) is 56.3 Å². The summed E-state index contributed by atoms with van der Waals surface area (Å²) in [6, 6.07) is 11.2. The average Bonchev–Trinajstić information content (AvgIpc) is 3.08. The highest BCUT2D eigenvalue weighted by molar-refractivity contribution is 7.07. The van der Waals surface area contributed by atoms with Crippen molar-refractivity contribution in [2.24, 2.45) is 4.99 Å². The number of allylic oxidation sites excluding steroid dienone is 1. The zero-order valence-corrected chi connectivity index (χ0v) is 19.7. The summed E-state index contributed by atoms with van der Waals surface area (Å²) < 4.78 is 12.3. The molecular weight excluding hydrogens is 464 g/mol. The number of ether oxygens (including phenoxy) is 2. The number of halogens is 1. The van der Waals surface area contributed by atoms with Crippen molar-refractivity contribution in [3.05, 3.63) is 89.6 Å². The summed E-state index contributed by atoms with van der Waals surface area (Å²) in [7, 11) is 1.47. The number of rotatable bonds is 5. The van der Waals surface area contributed by atoms with Gasteiger partial charge >= 0.3 is 5.97 Å². The van der Waals surface area contributed by atoms with Gasteiger partial charge in [0.2, 0.25) is 0 Å². The number of benzene rings is 2. The molecule has 7 nitrogen and oxygen atoms in total. The maximum absolute atomic E-state index is 13.5. The Morgan fingerprint density at radius 3 is 2.64 bits per heavy atom. The monoisotopic (exact) mass is 484 g/mol. The van der Waals surface area contributed by atoms with Crippen molar-refractivity contribution < 1.29 is 19.4 Å². The summed E-state index contributed by atoms with van der Waals surface area (Å²) in [4.78, 5) is 31.4. The van der Waals surface area contributed by atoms with E-state index in [0.717, 1.165) is 0 Å². The molecule has 0 saturated carbocycles. The molecule has 9 heteroatoms. The molecule has 0 fully saturated rings. The number of phenols is 1. The van der Waals surface area contributed by atoms with Gasteiger partial charge < -0.3 is 14.6 Å². The Hall–Kier alpha value is -3.36. The lowest BCUT2D eigenvalue weighted by molar-refractivity contribution is -0.139. The highest BCUT2D eigenvalue weighted by atomic mass is 35.5. The largest absolute Gasteiger partial charge is 0.504 e. The predicted octanol–water partition coefficient (Wildman–Crippen LogP) is 3.17. The number of carbonyl (C=O) groups excluding carboxylic acids is 1. The fourth-order valence-electron chi connectivity index (χ4n) is 3.70. The fraction of sp³-hybridized carbons (Fsp3) is 0.208. The van der Waals surface area contributed by atoms with Gasteiger partial charge in [-0.2, -0.15) is 0 Å². The first-order chi connectivity index (χ1) is 15.8. The topological polar surface area (TPSA) is 90.1 Å². The minimum atomic E-state index is -0.705. The second-order valence-corrected chi connectivity index (χ2v) is 8.73. The van der Waals surface area contributed by atoms with E-state index in [1.165, 1.54) is 29.1 Å². The molecule has 0 saturated heterocycles. The third kappa shape index (κ3) is 4.31. The molecule has 1 aliphatic heterocycles. The van der Waals surface area contributed by atoms with Gasteiger partial charge in [0.1, 0.15) is 0 Å². The Morgan fingerprint density at radius 1 is 1.27 bits per heavy atom. The summed E-state index contributed by atoms with van der Waals surface area (Å²) in [5, 5.41) is 10.6. The number of nitrogens with zero attached hydrogens (tertiary/aromatic N) is 2. The minimum absolute atomic E-state index is 0.0292. The minimum Gasteiger partial charge on any atom is -0.504 e. The molecule has 1 aliphatic rings. The van der Waals surface area contributed by atoms with Crippen LogP contribution in [0.2, 0.25) is 5.02 Å². The molecule has 0 spiro atoms. The summed E-state index contributed by atoms with van der Waals surface area (Å²) in [5.41, 5.74) is 1.83. The van der Waals surface area contributed by atoms with E-state index in [2.05, 4.69) is 4.99 Å². The molecule has 2 aromatic carbocycles. The highest BCUT2D eigenvalue weighted by Crippen LogP contribution is 2.31. The van der Waals surface area contributed by atoms with E-state index in [1.807, 2.05) is 0 Å². The smallest absolute Gasteiger partial charge is 0.338 e. The van der Waals surface area contributed by atoms with Gasteiger partial charge in [-0.05, 0) is 55.3 Å². The number of thiazole rings is 1. The van der Waals surface area contributed by atoms with E-state index in [9.17, 15) is 14.7 Å². The number of hydrogen-bond acceptors (Lipinski definition) is 7. The van der Waals surface area contributed by atoms with Gasteiger partial charge in [-0.15, -0.1) is 0 Å². The van der Waals surface area contributed by atoms with Gasteiger partial charge in [-0.1, -0.05) is 41.1 Å². The van der Waals surface area contributed by atoms with Crippen molar-refractivity contribution in [1.29, 1.82) is 0 Å². The molecule has 0 bridgehead atoms. The van der Waals surface area contributed by atoms with Gasteiger partial charge in [0, 0.05) is 5.02 Å². The van der Waals surface area contributed by atoms with Crippen LogP contribution in [-0.4, -0.2) is 29.4 Å². The van der Waals surface area contributed by atoms with Crippen LogP contribution >= 0.6 is 22.9 Å².